The highest BCUT2D eigenvalue weighted by Crippen LogP contribution is 2.24. The summed E-state index contributed by atoms with van der Waals surface area (Å²) in [6.45, 7) is 0. The molecule has 0 saturated heterocycles. The van der Waals surface area contributed by atoms with Crippen molar-refractivity contribution in [2.45, 2.75) is 0 Å². The van der Waals surface area contributed by atoms with E-state index in [4.69, 9.17) is 14.1 Å². The van der Waals surface area contributed by atoms with Gasteiger partial charge in [-0.05, 0) is 60.7 Å². The van der Waals surface area contributed by atoms with Gasteiger partial charge in [0, 0.05) is 15.4 Å². The fraction of sp³-hybridized carbons (Fsp3) is 0. The van der Waals surface area contributed by atoms with Crippen LogP contribution in [0.4, 0.5) is 0 Å². The fourth-order valence-corrected chi connectivity index (χ4v) is 3.00. The zero-order valence-electron chi connectivity index (χ0n) is 14.3. The van der Waals surface area contributed by atoms with Crippen LogP contribution in [0.2, 0.25) is 0 Å². The number of nitriles is 1. The highest BCUT2D eigenvalue weighted by Gasteiger charge is 2.12. The molecule has 0 saturated carbocycles. The van der Waals surface area contributed by atoms with Crippen molar-refractivity contribution in [1.29, 1.82) is 5.26 Å². The van der Waals surface area contributed by atoms with Gasteiger partial charge in [0.15, 0.2) is 5.76 Å². The van der Waals surface area contributed by atoms with E-state index in [1.807, 2.05) is 12.1 Å². The van der Waals surface area contributed by atoms with E-state index in [1.54, 1.807) is 48.5 Å². The predicted octanol–water partition coefficient (Wildman–Crippen LogP) is 5.09. The molecule has 2 aromatic carbocycles. The topological polar surface area (TPSA) is 91.5 Å². The fourth-order valence-electron chi connectivity index (χ4n) is 2.62. The van der Waals surface area contributed by atoms with Crippen LogP contribution in [-0.4, -0.2) is 12.1 Å². The minimum absolute atomic E-state index is 0.169. The van der Waals surface area contributed by atoms with Crippen LogP contribution in [0.3, 0.4) is 0 Å². The van der Waals surface area contributed by atoms with Gasteiger partial charge < -0.3 is 8.83 Å². The third kappa shape index (κ3) is 3.72. The van der Waals surface area contributed by atoms with E-state index in [1.165, 1.54) is 6.21 Å². The molecule has 4 aromatic rings. The molecule has 0 aliphatic heterocycles. The number of hydrazone groups is 1. The Kier molecular flexibility index (Phi) is 4.79. The minimum Gasteiger partial charge on any atom is -0.455 e. The van der Waals surface area contributed by atoms with E-state index < -0.39 is 5.91 Å². The van der Waals surface area contributed by atoms with Crippen LogP contribution < -0.4 is 5.43 Å². The largest absolute Gasteiger partial charge is 0.455 e. The molecule has 0 radical (unpaired) electrons. The molecule has 0 atom stereocenters. The van der Waals surface area contributed by atoms with E-state index in [0.29, 0.717) is 22.7 Å². The second-order valence-corrected chi connectivity index (χ2v) is 6.80. The van der Waals surface area contributed by atoms with Crippen molar-refractivity contribution in [3.05, 3.63) is 82.2 Å². The van der Waals surface area contributed by atoms with Crippen molar-refractivity contribution >= 4 is 39.0 Å². The van der Waals surface area contributed by atoms with Gasteiger partial charge in [-0.15, -0.1) is 0 Å². The van der Waals surface area contributed by atoms with Gasteiger partial charge in [-0.25, -0.2) is 5.43 Å². The molecule has 1 amide bonds. The summed E-state index contributed by atoms with van der Waals surface area (Å²) in [6.07, 6.45) is 1.41. The molecule has 2 heterocycles. The number of rotatable bonds is 4. The van der Waals surface area contributed by atoms with Gasteiger partial charge >= 0.3 is 5.91 Å². The lowest BCUT2D eigenvalue weighted by Crippen LogP contribution is -2.16. The smallest absolute Gasteiger partial charge is 0.307 e. The van der Waals surface area contributed by atoms with Crippen molar-refractivity contribution in [2.75, 3.05) is 0 Å². The van der Waals surface area contributed by atoms with Crippen molar-refractivity contribution in [3.63, 3.8) is 0 Å². The summed E-state index contributed by atoms with van der Waals surface area (Å²) in [6, 6.07) is 19.8. The molecular formula is C21H12BrN3O3. The van der Waals surface area contributed by atoms with Crippen LogP contribution in [0.25, 0.3) is 22.3 Å². The van der Waals surface area contributed by atoms with Gasteiger partial charge in [-0.3, -0.25) is 4.79 Å². The Labute approximate surface area is 168 Å². The lowest BCUT2D eigenvalue weighted by molar-refractivity contribution is 0.0929. The van der Waals surface area contributed by atoms with Crippen LogP contribution in [0, 0.1) is 11.3 Å². The third-order valence-electron chi connectivity index (χ3n) is 3.99. The Morgan fingerprint density at radius 3 is 2.68 bits per heavy atom. The Morgan fingerprint density at radius 2 is 1.89 bits per heavy atom. The number of carbonyl (C=O) groups is 1. The summed E-state index contributed by atoms with van der Waals surface area (Å²) in [5, 5.41) is 13.6. The summed E-state index contributed by atoms with van der Waals surface area (Å²) in [5.74, 6) is 0.832. The molecule has 0 bridgehead atoms. The number of amides is 1. The Hall–Kier alpha value is -3.63. The molecule has 0 aliphatic carbocycles. The number of hydrogen-bond donors (Lipinski definition) is 1. The van der Waals surface area contributed by atoms with Crippen LogP contribution in [0.5, 0.6) is 0 Å². The Morgan fingerprint density at radius 1 is 1.07 bits per heavy atom. The van der Waals surface area contributed by atoms with Crippen LogP contribution in [0.15, 0.2) is 79.1 Å². The molecule has 2 aromatic heterocycles. The Bertz CT molecular complexity index is 1230. The normalized spacial score (nSPS) is 11.0. The van der Waals surface area contributed by atoms with Crippen LogP contribution in [0.1, 0.15) is 21.9 Å². The van der Waals surface area contributed by atoms with Gasteiger partial charge in [-0.1, -0.05) is 15.9 Å². The van der Waals surface area contributed by atoms with Gasteiger partial charge in [0.25, 0.3) is 0 Å². The monoisotopic (exact) mass is 433 g/mol. The highest BCUT2D eigenvalue weighted by molar-refractivity contribution is 9.10. The summed E-state index contributed by atoms with van der Waals surface area (Å²) < 4.78 is 12.1. The lowest BCUT2D eigenvalue weighted by atomic mass is 10.1. The summed E-state index contributed by atoms with van der Waals surface area (Å²) in [5.41, 5.74) is 4.46. The third-order valence-corrected chi connectivity index (χ3v) is 4.48. The lowest BCUT2D eigenvalue weighted by Gasteiger charge is -1.96. The zero-order valence-corrected chi connectivity index (χ0v) is 15.9. The number of hydrogen-bond acceptors (Lipinski definition) is 5. The SMILES string of the molecule is N#Cc1ccc(-c2ccc(/C=N/NC(=O)c3cc4cc(Br)ccc4o3)o2)cc1. The average molecular weight is 434 g/mol. The number of furan rings is 2. The number of nitrogens with zero attached hydrogens (tertiary/aromatic N) is 2. The van der Waals surface area contributed by atoms with E-state index in [2.05, 4.69) is 32.5 Å². The van der Waals surface area contributed by atoms with E-state index in [-0.39, 0.29) is 5.76 Å². The summed E-state index contributed by atoms with van der Waals surface area (Å²) in [7, 11) is 0. The number of halogens is 1. The van der Waals surface area contributed by atoms with Crippen LogP contribution in [-0.2, 0) is 0 Å². The molecule has 0 unspecified atom stereocenters. The molecular weight excluding hydrogens is 422 g/mol. The molecule has 7 heteroatoms. The van der Waals surface area contributed by atoms with E-state index in [9.17, 15) is 4.79 Å². The Balaban J connectivity index is 1.43. The summed E-state index contributed by atoms with van der Waals surface area (Å²) in [4.78, 5) is 12.2. The minimum atomic E-state index is -0.456. The summed E-state index contributed by atoms with van der Waals surface area (Å²) >= 11 is 3.38. The zero-order chi connectivity index (χ0) is 19.5. The van der Waals surface area contributed by atoms with E-state index >= 15 is 0 Å². The van der Waals surface area contributed by atoms with Crippen molar-refractivity contribution in [3.8, 4) is 17.4 Å². The van der Waals surface area contributed by atoms with Crippen molar-refractivity contribution in [1.82, 2.24) is 5.43 Å². The molecule has 0 fully saturated rings. The highest BCUT2D eigenvalue weighted by atomic mass is 79.9. The van der Waals surface area contributed by atoms with Crippen molar-refractivity contribution in [2.24, 2.45) is 5.10 Å². The quantitative estimate of drug-likeness (QED) is 0.358. The molecule has 4 rings (SSSR count). The molecule has 136 valence electrons. The molecule has 28 heavy (non-hydrogen) atoms. The van der Waals surface area contributed by atoms with E-state index in [0.717, 1.165) is 15.4 Å². The van der Waals surface area contributed by atoms with Gasteiger partial charge in [0.1, 0.15) is 17.1 Å². The number of nitrogens with one attached hydrogen (secondary N) is 1. The molecule has 0 spiro atoms. The average Bonchev–Trinajstić information content (AvgIpc) is 3.34. The van der Waals surface area contributed by atoms with Gasteiger partial charge in [0.05, 0.1) is 17.8 Å². The van der Waals surface area contributed by atoms with Crippen molar-refractivity contribution < 1.29 is 13.6 Å². The number of benzene rings is 2. The standard InChI is InChI=1S/C21H12BrN3O3/c22-16-5-7-19-15(9-16)10-20(28-19)21(26)25-24-12-17-6-8-18(27-17)14-3-1-13(11-23)2-4-14/h1-10,12H,(H,25,26)/b24-12+. The van der Waals surface area contributed by atoms with Crippen LogP contribution >= 0.6 is 15.9 Å². The first-order chi connectivity index (χ1) is 13.6. The molecule has 6 nitrogen and oxygen atoms in total. The van der Waals surface area contributed by atoms with Gasteiger partial charge in [-0.2, -0.15) is 10.4 Å². The second-order valence-electron chi connectivity index (χ2n) is 5.88. The first-order valence-corrected chi connectivity index (χ1v) is 9.04. The number of carbonyl (C=O) groups excluding carboxylic acids is 1. The molecule has 1 N–H and O–H groups in total. The second kappa shape index (κ2) is 7.55. The first kappa shape index (κ1) is 17.8. The molecule has 0 aliphatic rings. The maximum Gasteiger partial charge on any atom is 0.307 e. The predicted molar refractivity (Wildman–Crippen MR) is 108 cm³/mol. The maximum absolute atomic E-state index is 12.2. The van der Waals surface area contributed by atoms with Gasteiger partial charge in [0.2, 0.25) is 0 Å². The maximum atomic E-state index is 12.2. The number of fused-ring (bicyclic) bond motifs is 1. The first-order valence-electron chi connectivity index (χ1n) is 8.25.